The Balaban J connectivity index is 2.63. The van der Waals surface area contributed by atoms with Gasteiger partial charge >= 0.3 is 11.8 Å². The van der Waals surface area contributed by atoms with Crippen molar-refractivity contribution in [2.24, 2.45) is 5.10 Å². The molecule has 0 aliphatic heterocycles. The molecule has 1 aromatic carbocycles. The molecule has 2 amide bonds. The van der Waals surface area contributed by atoms with E-state index in [4.69, 9.17) is 4.74 Å². The second kappa shape index (κ2) is 7.57. The zero-order valence-corrected chi connectivity index (χ0v) is 10.9. The van der Waals surface area contributed by atoms with Gasteiger partial charge in [-0.3, -0.25) is 9.59 Å². The number of nitrogens with one attached hydrogen (secondary N) is 2. The number of amides is 2. The maximum atomic E-state index is 11.3. The van der Waals surface area contributed by atoms with Crippen LogP contribution in [0.4, 0.5) is 0 Å². The normalized spacial score (nSPS) is 10.1. The van der Waals surface area contributed by atoms with Crippen LogP contribution < -0.4 is 15.5 Å². The van der Waals surface area contributed by atoms with Crippen molar-refractivity contribution in [2.45, 2.75) is 0 Å². The van der Waals surface area contributed by atoms with Crippen molar-refractivity contribution in [3.63, 3.8) is 0 Å². The van der Waals surface area contributed by atoms with Crippen LogP contribution in [0.1, 0.15) is 5.56 Å². The lowest BCUT2D eigenvalue weighted by Gasteiger charge is -2.05. The van der Waals surface area contributed by atoms with E-state index in [1.54, 1.807) is 18.2 Å². The maximum absolute atomic E-state index is 11.3. The Morgan fingerprint density at radius 1 is 1.45 bits per heavy atom. The zero-order chi connectivity index (χ0) is 15.0. The van der Waals surface area contributed by atoms with Gasteiger partial charge in [0.1, 0.15) is 0 Å². The summed E-state index contributed by atoms with van der Waals surface area (Å²) in [6.07, 6.45) is 2.65. The predicted molar refractivity (Wildman–Crippen MR) is 73.6 cm³/mol. The highest BCUT2D eigenvalue weighted by Crippen LogP contribution is 2.27. The number of carbonyl (C=O) groups excluding carboxylic acids is 2. The Bertz CT molecular complexity index is 540. The Labute approximate surface area is 115 Å². The van der Waals surface area contributed by atoms with Crippen LogP contribution in [0.25, 0.3) is 0 Å². The van der Waals surface area contributed by atoms with Gasteiger partial charge in [0, 0.05) is 12.1 Å². The summed E-state index contributed by atoms with van der Waals surface area (Å²) in [6.45, 7) is 3.59. The molecule has 1 aromatic rings. The lowest BCUT2D eigenvalue weighted by Crippen LogP contribution is -2.37. The number of nitrogens with zero attached hydrogens (tertiary/aromatic N) is 1. The average molecular weight is 277 g/mol. The third kappa shape index (κ3) is 4.13. The van der Waals surface area contributed by atoms with Crippen molar-refractivity contribution in [3.05, 3.63) is 36.4 Å². The lowest BCUT2D eigenvalue weighted by atomic mass is 10.2. The van der Waals surface area contributed by atoms with Crippen molar-refractivity contribution >= 4 is 18.0 Å². The number of carbonyl (C=O) groups is 2. The van der Waals surface area contributed by atoms with Gasteiger partial charge in [-0.2, -0.15) is 5.10 Å². The number of rotatable bonds is 5. The van der Waals surface area contributed by atoms with Crippen molar-refractivity contribution in [1.29, 1.82) is 0 Å². The Kier molecular flexibility index (Phi) is 5.76. The highest BCUT2D eigenvalue weighted by atomic mass is 16.5. The van der Waals surface area contributed by atoms with Crippen LogP contribution in [0.2, 0.25) is 0 Å². The van der Waals surface area contributed by atoms with E-state index >= 15 is 0 Å². The number of phenolic OH excluding ortho intramolecular Hbond substituents is 1. The minimum Gasteiger partial charge on any atom is -0.504 e. The van der Waals surface area contributed by atoms with Crippen molar-refractivity contribution in [1.82, 2.24) is 10.7 Å². The van der Waals surface area contributed by atoms with E-state index in [9.17, 15) is 14.7 Å². The molecule has 0 aliphatic carbocycles. The number of aromatic hydroxyl groups is 1. The Hall–Kier alpha value is -2.83. The molecule has 0 aromatic heterocycles. The highest BCUT2D eigenvalue weighted by molar-refractivity contribution is 6.35. The predicted octanol–water partition coefficient (Wildman–Crippen LogP) is 0.153. The average Bonchev–Trinajstić information content (AvgIpc) is 2.46. The molecule has 0 spiro atoms. The van der Waals surface area contributed by atoms with Gasteiger partial charge in [0.25, 0.3) is 0 Å². The van der Waals surface area contributed by atoms with E-state index in [2.05, 4.69) is 17.0 Å². The van der Waals surface area contributed by atoms with Gasteiger partial charge in [-0.25, -0.2) is 5.43 Å². The van der Waals surface area contributed by atoms with Crippen LogP contribution in [-0.2, 0) is 9.59 Å². The summed E-state index contributed by atoms with van der Waals surface area (Å²) in [5.41, 5.74) is 2.38. The second-order valence-corrected chi connectivity index (χ2v) is 3.60. The number of benzene rings is 1. The molecule has 7 heteroatoms. The largest absolute Gasteiger partial charge is 0.504 e. The number of methoxy groups -OCH3 is 1. The van der Waals surface area contributed by atoms with Crippen molar-refractivity contribution < 1.29 is 19.4 Å². The van der Waals surface area contributed by atoms with Gasteiger partial charge in [-0.15, -0.1) is 6.58 Å². The molecule has 20 heavy (non-hydrogen) atoms. The maximum Gasteiger partial charge on any atom is 0.329 e. The first-order valence-corrected chi connectivity index (χ1v) is 5.68. The summed E-state index contributed by atoms with van der Waals surface area (Å²) in [7, 11) is 1.42. The molecule has 0 heterocycles. The summed E-state index contributed by atoms with van der Waals surface area (Å²) in [5.74, 6) is -1.56. The highest BCUT2D eigenvalue weighted by Gasteiger charge is 2.11. The topological polar surface area (TPSA) is 100 Å². The third-order valence-electron chi connectivity index (χ3n) is 2.23. The molecule has 0 saturated carbocycles. The van der Waals surface area contributed by atoms with Gasteiger partial charge in [0.2, 0.25) is 0 Å². The minimum atomic E-state index is -0.912. The number of ether oxygens (including phenoxy) is 1. The molecule has 7 nitrogen and oxygen atoms in total. The first-order chi connectivity index (χ1) is 9.60. The minimum absolute atomic E-state index is 0.107. The smallest absolute Gasteiger partial charge is 0.329 e. The first-order valence-electron chi connectivity index (χ1n) is 5.68. The van der Waals surface area contributed by atoms with Gasteiger partial charge in [-0.05, 0) is 12.1 Å². The van der Waals surface area contributed by atoms with E-state index < -0.39 is 11.8 Å². The SMILES string of the molecule is C=CCNC(=O)C(=O)N/N=C\c1cccc(OC)c1O. The molecular weight excluding hydrogens is 262 g/mol. The second-order valence-electron chi connectivity index (χ2n) is 3.60. The fourth-order valence-electron chi connectivity index (χ4n) is 1.26. The monoisotopic (exact) mass is 277 g/mol. The summed E-state index contributed by atoms with van der Waals surface area (Å²) in [4.78, 5) is 22.5. The van der Waals surface area contributed by atoms with Crippen LogP contribution >= 0.6 is 0 Å². The number of phenols is 1. The van der Waals surface area contributed by atoms with Gasteiger partial charge < -0.3 is 15.2 Å². The number of para-hydroxylation sites is 1. The van der Waals surface area contributed by atoms with E-state index in [1.807, 2.05) is 5.43 Å². The van der Waals surface area contributed by atoms with E-state index in [0.29, 0.717) is 5.56 Å². The van der Waals surface area contributed by atoms with Crippen LogP contribution in [-0.4, -0.2) is 36.8 Å². The molecule has 0 fully saturated rings. The van der Waals surface area contributed by atoms with Crippen LogP contribution in [0.15, 0.2) is 36.0 Å². The molecule has 0 unspecified atom stereocenters. The van der Waals surface area contributed by atoms with E-state index in [1.165, 1.54) is 19.4 Å². The molecule has 0 radical (unpaired) electrons. The number of hydrazone groups is 1. The van der Waals surface area contributed by atoms with E-state index in [0.717, 1.165) is 0 Å². The molecule has 0 aliphatic rings. The Morgan fingerprint density at radius 3 is 2.85 bits per heavy atom. The molecule has 3 N–H and O–H groups in total. The summed E-state index contributed by atoms with van der Waals surface area (Å²) < 4.78 is 4.92. The van der Waals surface area contributed by atoms with Crippen LogP contribution in [0.5, 0.6) is 11.5 Å². The summed E-state index contributed by atoms with van der Waals surface area (Å²) in [5, 5.41) is 15.6. The summed E-state index contributed by atoms with van der Waals surface area (Å²) >= 11 is 0. The van der Waals surface area contributed by atoms with Gasteiger partial charge in [0.05, 0.1) is 13.3 Å². The Morgan fingerprint density at radius 2 is 2.20 bits per heavy atom. The third-order valence-corrected chi connectivity index (χ3v) is 2.23. The standard InChI is InChI=1S/C13H15N3O4/c1-3-7-14-12(18)13(19)16-15-8-9-5-4-6-10(20-2)11(9)17/h3-6,8,17H,1,7H2,2H3,(H,14,18)(H,16,19)/b15-8-. The van der Waals surface area contributed by atoms with Gasteiger partial charge in [-0.1, -0.05) is 12.1 Å². The van der Waals surface area contributed by atoms with Gasteiger partial charge in [0.15, 0.2) is 11.5 Å². The van der Waals surface area contributed by atoms with Crippen molar-refractivity contribution in [3.8, 4) is 11.5 Å². The van der Waals surface area contributed by atoms with E-state index in [-0.39, 0.29) is 18.0 Å². The fourth-order valence-corrected chi connectivity index (χ4v) is 1.26. The van der Waals surface area contributed by atoms with Crippen LogP contribution in [0, 0.1) is 0 Å². The number of hydrogen-bond donors (Lipinski definition) is 3. The molecule has 0 bridgehead atoms. The van der Waals surface area contributed by atoms with Crippen LogP contribution in [0.3, 0.4) is 0 Å². The quantitative estimate of drug-likeness (QED) is 0.309. The zero-order valence-electron chi connectivity index (χ0n) is 10.9. The van der Waals surface area contributed by atoms with Crippen molar-refractivity contribution in [2.75, 3.05) is 13.7 Å². The molecule has 106 valence electrons. The molecule has 0 saturated heterocycles. The lowest BCUT2D eigenvalue weighted by molar-refractivity contribution is -0.139. The fraction of sp³-hybridized carbons (Fsp3) is 0.154. The number of hydrogen-bond acceptors (Lipinski definition) is 5. The molecular formula is C13H15N3O4. The summed E-state index contributed by atoms with van der Waals surface area (Å²) in [6, 6.07) is 4.80. The first kappa shape index (κ1) is 15.2. The molecule has 0 atom stereocenters. The molecule has 1 rings (SSSR count).